The molecule has 1 aliphatic heterocycles. The first kappa shape index (κ1) is 14.4. The molecule has 0 aliphatic carbocycles. The van der Waals surface area contributed by atoms with Crippen molar-refractivity contribution in [2.75, 3.05) is 19.6 Å². The highest BCUT2D eigenvalue weighted by atomic mass is 19.1. The van der Waals surface area contributed by atoms with Crippen LogP contribution in [0.1, 0.15) is 19.3 Å². The summed E-state index contributed by atoms with van der Waals surface area (Å²) in [5.74, 6) is -0.321. The Labute approximate surface area is 132 Å². The van der Waals surface area contributed by atoms with Crippen LogP contribution in [0.4, 0.5) is 4.39 Å². The van der Waals surface area contributed by atoms with Gasteiger partial charge in [0.1, 0.15) is 16.9 Å². The first-order valence-corrected chi connectivity index (χ1v) is 8.22. The molecule has 6 heteroatoms. The van der Waals surface area contributed by atoms with Crippen LogP contribution in [0, 0.1) is 5.82 Å². The fraction of sp³-hybridized carbons (Fsp3) is 0.412. The third-order valence-corrected chi connectivity index (χ3v) is 4.80. The predicted octanol–water partition coefficient (Wildman–Crippen LogP) is 1.09. The predicted molar refractivity (Wildman–Crippen MR) is 87.2 cm³/mol. The average Bonchev–Trinajstić information content (AvgIpc) is 2.94. The van der Waals surface area contributed by atoms with Gasteiger partial charge in [0.15, 0.2) is 0 Å². The molecule has 120 valence electrons. The Balaban J connectivity index is 1.67. The molecule has 0 atom stereocenters. The molecule has 1 aliphatic rings. The Bertz CT molecular complexity index is 908. The van der Waals surface area contributed by atoms with Crippen molar-refractivity contribution in [3.63, 3.8) is 0 Å². The molecule has 0 saturated carbocycles. The fourth-order valence-corrected chi connectivity index (χ4v) is 3.50. The molecule has 0 amide bonds. The Hall–Kier alpha value is -2.21. The van der Waals surface area contributed by atoms with Gasteiger partial charge in [-0.1, -0.05) is 0 Å². The zero-order valence-corrected chi connectivity index (χ0v) is 12.9. The third kappa shape index (κ3) is 2.63. The molecule has 0 spiro atoms. The molecule has 3 heterocycles. The summed E-state index contributed by atoms with van der Waals surface area (Å²) in [7, 11) is 0. The van der Waals surface area contributed by atoms with E-state index in [1.807, 2.05) is 0 Å². The molecule has 3 aromatic rings. The van der Waals surface area contributed by atoms with Crippen molar-refractivity contribution in [3.05, 3.63) is 40.7 Å². The SMILES string of the molecule is O=c1c2[nH]c3ccc(F)cc3c2ncn1CC[NH+]1CCCCC1. The van der Waals surface area contributed by atoms with Gasteiger partial charge in [-0.2, -0.15) is 0 Å². The number of nitrogens with one attached hydrogen (secondary N) is 2. The minimum Gasteiger partial charge on any atom is -0.349 e. The van der Waals surface area contributed by atoms with E-state index in [0.29, 0.717) is 23.0 Å². The third-order valence-electron chi connectivity index (χ3n) is 4.80. The summed E-state index contributed by atoms with van der Waals surface area (Å²) >= 11 is 0. The van der Waals surface area contributed by atoms with Gasteiger partial charge in [0.2, 0.25) is 0 Å². The van der Waals surface area contributed by atoms with Gasteiger partial charge in [-0.3, -0.25) is 9.36 Å². The van der Waals surface area contributed by atoms with Crippen LogP contribution in [0.25, 0.3) is 21.9 Å². The number of aromatic amines is 1. The molecule has 0 bridgehead atoms. The highest BCUT2D eigenvalue weighted by molar-refractivity contribution is 6.04. The van der Waals surface area contributed by atoms with Crippen molar-refractivity contribution < 1.29 is 9.29 Å². The molecule has 23 heavy (non-hydrogen) atoms. The van der Waals surface area contributed by atoms with Crippen molar-refractivity contribution in [1.29, 1.82) is 0 Å². The second-order valence-corrected chi connectivity index (χ2v) is 6.34. The van der Waals surface area contributed by atoms with Crippen LogP contribution >= 0.6 is 0 Å². The summed E-state index contributed by atoms with van der Waals surface area (Å²) in [4.78, 5) is 21.7. The van der Waals surface area contributed by atoms with Gasteiger partial charge in [0.25, 0.3) is 5.56 Å². The summed E-state index contributed by atoms with van der Waals surface area (Å²) in [6.45, 7) is 3.99. The first-order valence-electron chi connectivity index (χ1n) is 8.22. The number of likely N-dealkylation sites (tertiary alicyclic amines) is 1. The van der Waals surface area contributed by atoms with E-state index in [-0.39, 0.29) is 11.4 Å². The minimum absolute atomic E-state index is 0.0805. The van der Waals surface area contributed by atoms with Crippen molar-refractivity contribution in [3.8, 4) is 0 Å². The Morgan fingerprint density at radius 3 is 2.91 bits per heavy atom. The number of aromatic nitrogens is 3. The van der Waals surface area contributed by atoms with Crippen LogP contribution in [0.5, 0.6) is 0 Å². The number of benzene rings is 1. The molecule has 1 saturated heterocycles. The summed E-state index contributed by atoms with van der Waals surface area (Å²) < 4.78 is 15.1. The second kappa shape index (κ2) is 5.77. The van der Waals surface area contributed by atoms with E-state index in [1.54, 1.807) is 21.9 Å². The largest absolute Gasteiger partial charge is 0.349 e. The van der Waals surface area contributed by atoms with Crippen LogP contribution in [-0.4, -0.2) is 34.2 Å². The van der Waals surface area contributed by atoms with Crippen LogP contribution in [0.3, 0.4) is 0 Å². The standard InChI is InChI=1S/C17H19FN4O/c18-12-4-5-14-13(10-12)15-16(20-14)17(23)22(11-19-15)9-8-21-6-2-1-3-7-21/h4-5,10-11,20H,1-3,6-9H2/p+1. The average molecular weight is 315 g/mol. The highest BCUT2D eigenvalue weighted by Gasteiger charge is 2.15. The number of nitrogens with zero attached hydrogens (tertiary/aromatic N) is 2. The smallest absolute Gasteiger partial charge is 0.277 e. The molecule has 1 fully saturated rings. The molecular weight excluding hydrogens is 295 g/mol. The zero-order chi connectivity index (χ0) is 15.8. The van der Waals surface area contributed by atoms with E-state index >= 15 is 0 Å². The highest BCUT2D eigenvalue weighted by Crippen LogP contribution is 2.21. The van der Waals surface area contributed by atoms with Crippen molar-refractivity contribution >= 4 is 21.9 Å². The number of halogens is 1. The molecule has 1 aromatic carbocycles. The van der Waals surface area contributed by atoms with E-state index in [9.17, 15) is 9.18 Å². The lowest BCUT2D eigenvalue weighted by molar-refractivity contribution is -0.905. The van der Waals surface area contributed by atoms with Gasteiger partial charge in [0, 0.05) is 10.9 Å². The molecule has 2 aromatic heterocycles. The van der Waals surface area contributed by atoms with Crippen molar-refractivity contribution in [1.82, 2.24) is 14.5 Å². The monoisotopic (exact) mass is 315 g/mol. The number of H-pyrrole nitrogens is 1. The normalized spacial score (nSPS) is 16.4. The maximum atomic E-state index is 13.4. The number of hydrogen-bond acceptors (Lipinski definition) is 2. The number of rotatable bonds is 3. The Morgan fingerprint density at radius 2 is 2.09 bits per heavy atom. The number of hydrogen-bond donors (Lipinski definition) is 2. The summed E-state index contributed by atoms with van der Waals surface area (Å²) in [6, 6.07) is 4.45. The zero-order valence-electron chi connectivity index (χ0n) is 12.9. The number of quaternary nitrogens is 1. The molecular formula is C17H20FN4O+. The van der Waals surface area contributed by atoms with Gasteiger partial charge in [-0.25, -0.2) is 9.37 Å². The maximum Gasteiger partial charge on any atom is 0.277 e. The van der Waals surface area contributed by atoms with Crippen LogP contribution in [0.15, 0.2) is 29.3 Å². The van der Waals surface area contributed by atoms with Crippen molar-refractivity contribution in [2.45, 2.75) is 25.8 Å². The van der Waals surface area contributed by atoms with Crippen LogP contribution in [0.2, 0.25) is 0 Å². The lowest BCUT2D eigenvalue weighted by Crippen LogP contribution is -3.13. The van der Waals surface area contributed by atoms with E-state index < -0.39 is 0 Å². The van der Waals surface area contributed by atoms with Gasteiger partial charge < -0.3 is 9.88 Å². The van der Waals surface area contributed by atoms with E-state index in [2.05, 4.69) is 9.97 Å². The molecule has 0 radical (unpaired) electrons. The molecule has 5 nitrogen and oxygen atoms in total. The van der Waals surface area contributed by atoms with Gasteiger partial charge in [-0.15, -0.1) is 0 Å². The second-order valence-electron chi connectivity index (χ2n) is 6.34. The van der Waals surface area contributed by atoms with E-state index in [4.69, 9.17) is 0 Å². The molecule has 2 N–H and O–H groups in total. The minimum atomic E-state index is -0.321. The topological polar surface area (TPSA) is 55.1 Å². The van der Waals surface area contributed by atoms with E-state index in [0.717, 1.165) is 12.1 Å². The fourth-order valence-electron chi connectivity index (χ4n) is 3.50. The van der Waals surface area contributed by atoms with Gasteiger partial charge in [-0.05, 0) is 37.5 Å². The lowest BCUT2D eigenvalue weighted by atomic mass is 10.1. The van der Waals surface area contributed by atoms with Crippen molar-refractivity contribution in [2.24, 2.45) is 0 Å². The summed E-state index contributed by atoms with van der Waals surface area (Å²) in [5.41, 5.74) is 1.67. The quantitative estimate of drug-likeness (QED) is 0.760. The van der Waals surface area contributed by atoms with Crippen LogP contribution in [-0.2, 0) is 6.54 Å². The van der Waals surface area contributed by atoms with Crippen LogP contribution < -0.4 is 10.5 Å². The number of piperidine rings is 1. The summed E-state index contributed by atoms with van der Waals surface area (Å²) in [5, 5.41) is 0.658. The summed E-state index contributed by atoms with van der Waals surface area (Å²) in [6.07, 6.45) is 5.46. The Kier molecular flexibility index (Phi) is 3.61. The van der Waals surface area contributed by atoms with Gasteiger partial charge in [0.05, 0.1) is 32.5 Å². The first-order chi connectivity index (χ1) is 11.2. The number of fused-ring (bicyclic) bond motifs is 3. The lowest BCUT2D eigenvalue weighted by Gasteiger charge is -2.23. The van der Waals surface area contributed by atoms with E-state index in [1.165, 1.54) is 44.5 Å². The molecule has 0 unspecified atom stereocenters. The molecule has 4 rings (SSSR count). The maximum absolute atomic E-state index is 13.4. The Morgan fingerprint density at radius 1 is 1.26 bits per heavy atom. The van der Waals surface area contributed by atoms with Gasteiger partial charge >= 0.3 is 0 Å².